The maximum atomic E-state index is 10.8. The van der Waals surface area contributed by atoms with E-state index in [2.05, 4.69) is 8.37 Å². The maximum absolute atomic E-state index is 10.8. The summed E-state index contributed by atoms with van der Waals surface area (Å²) in [5.41, 5.74) is 1.03. The first-order chi connectivity index (χ1) is 17.0. The second-order valence-electron chi connectivity index (χ2n) is 7.49. The van der Waals surface area contributed by atoms with Gasteiger partial charge < -0.3 is 30.9 Å². The minimum atomic E-state index is -3.89. The number of aliphatic hydroxyl groups excluding tert-OH is 1. The van der Waals surface area contributed by atoms with Gasteiger partial charge in [0, 0.05) is 46.8 Å². The average Bonchev–Trinajstić information content (AvgIpc) is 2.96. The number of benzene rings is 1. The molecule has 0 unspecified atom stereocenters. The third-order valence-corrected chi connectivity index (χ3v) is 5.46. The molecule has 0 spiro atoms. The van der Waals surface area contributed by atoms with Crippen LogP contribution in [0.25, 0.3) is 0 Å². The summed E-state index contributed by atoms with van der Waals surface area (Å²) in [7, 11) is -1.84. The minimum Gasteiger partial charge on any atom is -0.400 e. The Hall–Kier alpha value is -1.23. The van der Waals surface area contributed by atoms with Gasteiger partial charge >= 0.3 is 10.4 Å². The number of aliphatic hydroxyl groups is 1. The lowest BCUT2D eigenvalue weighted by Gasteiger charge is -2.08. The molecule has 1 aromatic rings. The summed E-state index contributed by atoms with van der Waals surface area (Å²) in [4.78, 5) is 0. The standard InChI is InChI=1S/C8H10O4S.3C5H10O.C2H6.CH4O.CH3/c1-7-3-5-8(6-4-7)12-13(9,10)11-2;3*1-2-4-6-5-3-1;2*1-2;/h3-6H,1-2H3;3*1-5H2;1-2H3;2H,1H3;1H3/q;;;;;;-1. The third-order valence-electron chi connectivity index (χ3n) is 4.66. The van der Waals surface area contributed by atoms with Crippen LogP contribution in [0.15, 0.2) is 24.3 Å². The average molecular weight is 538 g/mol. The minimum absolute atomic E-state index is 0. The van der Waals surface area contributed by atoms with Crippen LogP contribution < -0.4 is 4.18 Å². The molecule has 0 aliphatic carbocycles. The van der Waals surface area contributed by atoms with Crippen molar-refractivity contribution in [3.63, 3.8) is 0 Å². The highest BCUT2D eigenvalue weighted by molar-refractivity contribution is 7.82. The van der Waals surface area contributed by atoms with Crippen LogP contribution in [0.4, 0.5) is 0 Å². The molecule has 3 aliphatic rings. The molecule has 0 bridgehead atoms. The molecule has 3 saturated heterocycles. The highest BCUT2D eigenvalue weighted by atomic mass is 32.3. The molecule has 9 heteroatoms. The summed E-state index contributed by atoms with van der Waals surface area (Å²) < 4.78 is 45.5. The molecule has 3 heterocycles. The molecule has 1 N–H and O–H groups in total. The molecule has 0 amide bonds. The molecular formula is C27H53O8S-. The van der Waals surface area contributed by atoms with Gasteiger partial charge in [-0.1, -0.05) is 31.5 Å². The van der Waals surface area contributed by atoms with E-state index in [1.807, 2.05) is 20.8 Å². The first-order valence-electron chi connectivity index (χ1n) is 12.8. The zero-order chi connectivity index (χ0) is 26.6. The Morgan fingerprint density at radius 1 is 0.667 bits per heavy atom. The molecule has 1 aromatic carbocycles. The van der Waals surface area contributed by atoms with E-state index in [0.717, 1.165) is 59.4 Å². The lowest BCUT2D eigenvalue weighted by Crippen LogP contribution is -2.10. The molecule has 36 heavy (non-hydrogen) atoms. The van der Waals surface area contributed by atoms with E-state index in [1.54, 1.807) is 24.3 Å². The fraction of sp³-hybridized carbons (Fsp3) is 0.741. The Bertz CT molecular complexity index is 561. The summed E-state index contributed by atoms with van der Waals surface area (Å²) in [6.07, 6.45) is 11.8. The van der Waals surface area contributed by atoms with Gasteiger partial charge in [-0.25, -0.2) is 4.18 Å². The summed E-state index contributed by atoms with van der Waals surface area (Å²) >= 11 is 0. The van der Waals surface area contributed by atoms with Crippen LogP contribution >= 0.6 is 0 Å². The van der Waals surface area contributed by atoms with E-state index in [-0.39, 0.29) is 13.2 Å². The Balaban J connectivity index is -0.000000404. The predicted octanol–water partition coefficient (Wildman–Crippen LogP) is 5.91. The summed E-state index contributed by atoms with van der Waals surface area (Å²) in [6.45, 7) is 11.9. The van der Waals surface area contributed by atoms with Crippen molar-refractivity contribution < 1.29 is 36.1 Å². The first-order valence-corrected chi connectivity index (χ1v) is 14.1. The van der Waals surface area contributed by atoms with Gasteiger partial charge in [-0.15, -0.1) is 0 Å². The zero-order valence-corrected chi connectivity index (χ0v) is 24.4. The van der Waals surface area contributed by atoms with Crippen molar-refractivity contribution in [1.82, 2.24) is 0 Å². The fourth-order valence-corrected chi connectivity index (χ4v) is 3.22. The Morgan fingerprint density at radius 2 is 0.972 bits per heavy atom. The maximum Gasteiger partial charge on any atom is 0.448 e. The van der Waals surface area contributed by atoms with Gasteiger partial charge in [-0.2, -0.15) is 8.42 Å². The summed E-state index contributed by atoms with van der Waals surface area (Å²) in [6, 6.07) is 6.62. The fourth-order valence-electron chi connectivity index (χ4n) is 2.81. The van der Waals surface area contributed by atoms with E-state index < -0.39 is 10.4 Å². The van der Waals surface area contributed by atoms with Crippen LogP contribution in [0.5, 0.6) is 5.75 Å². The SMILES string of the molecule is C1CCOCC1.C1CCOCC1.C1CCOCC1.CC.CO.COS(=O)(=O)Oc1ccc(C)cc1.[CH3-]. The lowest BCUT2D eigenvalue weighted by atomic mass is 10.2. The van der Waals surface area contributed by atoms with Crippen molar-refractivity contribution in [2.75, 3.05) is 53.9 Å². The van der Waals surface area contributed by atoms with Crippen LogP contribution in [0.3, 0.4) is 0 Å². The summed E-state index contributed by atoms with van der Waals surface area (Å²) in [5.74, 6) is 0.243. The van der Waals surface area contributed by atoms with E-state index in [9.17, 15) is 8.42 Å². The van der Waals surface area contributed by atoms with Crippen LogP contribution in [-0.2, 0) is 28.8 Å². The van der Waals surface area contributed by atoms with Gasteiger partial charge in [0.1, 0.15) is 5.75 Å². The Kier molecular flexibility index (Phi) is 32.7. The molecule has 0 atom stereocenters. The Morgan fingerprint density at radius 3 is 1.17 bits per heavy atom. The smallest absolute Gasteiger partial charge is 0.400 e. The van der Waals surface area contributed by atoms with Crippen LogP contribution in [0, 0.1) is 14.4 Å². The van der Waals surface area contributed by atoms with Crippen LogP contribution in [0.1, 0.15) is 77.2 Å². The van der Waals surface area contributed by atoms with Crippen molar-refractivity contribution >= 4 is 10.4 Å². The normalized spacial score (nSPS) is 16.4. The van der Waals surface area contributed by atoms with Gasteiger partial charge in [0.25, 0.3) is 0 Å². The molecule has 0 radical (unpaired) electrons. The molecule has 0 aromatic heterocycles. The van der Waals surface area contributed by atoms with E-state index in [1.165, 1.54) is 57.8 Å². The van der Waals surface area contributed by atoms with Crippen molar-refractivity contribution in [3.05, 3.63) is 37.3 Å². The van der Waals surface area contributed by atoms with Gasteiger partial charge in [0.2, 0.25) is 0 Å². The number of rotatable bonds is 3. The topological polar surface area (TPSA) is 101 Å². The second kappa shape index (κ2) is 30.0. The quantitative estimate of drug-likeness (QED) is 0.475. The highest BCUT2D eigenvalue weighted by Crippen LogP contribution is 2.13. The molecule has 216 valence electrons. The van der Waals surface area contributed by atoms with Gasteiger partial charge in [-0.05, 0) is 76.8 Å². The number of ether oxygens (including phenoxy) is 3. The molecule has 3 fully saturated rings. The number of hydrogen-bond acceptors (Lipinski definition) is 8. The monoisotopic (exact) mass is 537 g/mol. The second-order valence-corrected chi connectivity index (χ2v) is 8.81. The number of hydrogen-bond donors (Lipinski definition) is 1. The molecular weight excluding hydrogens is 484 g/mol. The molecule has 8 nitrogen and oxygen atoms in total. The first kappa shape index (κ1) is 39.3. The van der Waals surface area contributed by atoms with E-state index >= 15 is 0 Å². The van der Waals surface area contributed by atoms with Crippen LogP contribution in [-0.4, -0.2) is 67.4 Å². The van der Waals surface area contributed by atoms with Gasteiger partial charge in [0.15, 0.2) is 0 Å². The largest absolute Gasteiger partial charge is 0.448 e. The van der Waals surface area contributed by atoms with Crippen molar-refractivity contribution in [1.29, 1.82) is 0 Å². The van der Waals surface area contributed by atoms with Gasteiger partial charge in [-0.3, -0.25) is 0 Å². The Labute approximate surface area is 222 Å². The van der Waals surface area contributed by atoms with E-state index in [4.69, 9.17) is 19.3 Å². The predicted molar refractivity (Wildman–Crippen MR) is 148 cm³/mol. The summed E-state index contributed by atoms with van der Waals surface area (Å²) in [5, 5.41) is 7.00. The van der Waals surface area contributed by atoms with Gasteiger partial charge in [0.05, 0.1) is 7.11 Å². The van der Waals surface area contributed by atoms with E-state index in [0.29, 0.717) is 0 Å². The van der Waals surface area contributed by atoms with Crippen molar-refractivity contribution in [3.8, 4) is 5.75 Å². The number of aryl methyl sites for hydroxylation is 1. The third kappa shape index (κ3) is 27.4. The molecule has 0 saturated carbocycles. The highest BCUT2D eigenvalue weighted by Gasteiger charge is 2.09. The molecule has 3 aliphatic heterocycles. The lowest BCUT2D eigenvalue weighted by molar-refractivity contribution is 0.0967. The van der Waals surface area contributed by atoms with Crippen molar-refractivity contribution in [2.24, 2.45) is 0 Å². The van der Waals surface area contributed by atoms with Crippen molar-refractivity contribution in [2.45, 2.75) is 78.6 Å². The molecule has 4 rings (SSSR count). The van der Waals surface area contributed by atoms with Crippen LogP contribution in [0.2, 0.25) is 0 Å². The zero-order valence-electron chi connectivity index (χ0n) is 23.6.